The molecule has 1 heterocycles. The van der Waals surface area contributed by atoms with Crippen LogP contribution in [0.1, 0.15) is 24.2 Å². The van der Waals surface area contributed by atoms with Gasteiger partial charge in [0.05, 0.1) is 12.2 Å². The summed E-state index contributed by atoms with van der Waals surface area (Å²) < 4.78 is 43.2. The van der Waals surface area contributed by atoms with Crippen LogP contribution in [0.2, 0.25) is 0 Å². The van der Waals surface area contributed by atoms with E-state index in [1.54, 1.807) is 6.92 Å². The number of rotatable bonds is 1. The maximum atomic E-state index is 12.6. The molecule has 1 amide bonds. The first-order valence-corrected chi connectivity index (χ1v) is 5.90. The number of Topliss-reactive ketones (excluding diaryl/α,β-unsaturated/α-hetero) is 1. The summed E-state index contributed by atoms with van der Waals surface area (Å²) in [7, 11) is 0. The molecule has 0 aromatic heterocycles. The van der Waals surface area contributed by atoms with E-state index in [1.165, 1.54) is 25.1 Å². The summed E-state index contributed by atoms with van der Waals surface area (Å²) >= 11 is 0. The number of anilines is 1. The monoisotopic (exact) mass is 287 g/mol. The van der Waals surface area contributed by atoms with Crippen molar-refractivity contribution < 1.29 is 27.5 Å². The van der Waals surface area contributed by atoms with E-state index in [4.69, 9.17) is 4.74 Å². The molecule has 7 heteroatoms. The summed E-state index contributed by atoms with van der Waals surface area (Å²) in [4.78, 5) is 23.4. The molecule has 1 aromatic carbocycles. The molecule has 108 valence electrons. The van der Waals surface area contributed by atoms with E-state index in [0.717, 1.165) is 0 Å². The van der Waals surface area contributed by atoms with Crippen LogP contribution in [0.15, 0.2) is 18.2 Å². The second-order valence-electron chi connectivity index (χ2n) is 4.58. The number of ketones is 1. The van der Waals surface area contributed by atoms with Crippen LogP contribution in [0.5, 0.6) is 5.75 Å². The van der Waals surface area contributed by atoms with Crippen LogP contribution in [0, 0.1) is 0 Å². The molecular weight excluding hydrogens is 275 g/mol. The molecule has 2 rings (SSSR count). The van der Waals surface area contributed by atoms with E-state index in [1.807, 2.05) is 0 Å². The highest BCUT2D eigenvalue weighted by Crippen LogP contribution is 2.36. The van der Waals surface area contributed by atoms with Gasteiger partial charge in [-0.15, -0.1) is 0 Å². The molecule has 20 heavy (non-hydrogen) atoms. The Labute approximate surface area is 113 Å². The van der Waals surface area contributed by atoms with E-state index in [-0.39, 0.29) is 29.3 Å². The lowest BCUT2D eigenvalue weighted by molar-refractivity contribution is -0.170. The molecule has 1 atom stereocenters. The van der Waals surface area contributed by atoms with Crippen molar-refractivity contribution in [2.24, 2.45) is 0 Å². The molecule has 0 saturated carbocycles. The molecule has 1 unspecified atom stereocenters. The molecule has 0 spiro atoms. The lowest BCUT2D eigenvalue weighted by atomic mass is 10.1. The van der Waals surface area contributed by atoms with Crippen molar-refractivity contribution in [2.75, 3.05) is 11.4 Å². The van der Waals surface area contributed by atoms with E-state index in [0.29, 0.717) is 4.90 Å². The highest BCUT2D eigenvalue weighted by molar-refractivity contribution is 6.01. The third-order valence-corrected chi connectivity index (χ3v) is 2.91. The van der Waals surface area contributed by atoms with Gasteiger partial charge in [0.15, 0.2) is 5.78 Å². The Morgan fingerprint density at radius 1 is 1.35 bits per heavy atom. The van der Waals surface area contributed by atoms with Gasteiger partial charge in [0.25, 0.3) is 0 Å². The molecule has 0 fully saturated rings. The Morgan fingerprint density at radius 3 is 2.55 bits per heavy atom. The van der Waals surface area contributed by atoms with Crippen LogP contribution in [0.3, 0.4) is 0 Å². The van der Waals surface area contributed by atoms with E-state index < -0.39 is 18.2 Å². The maximum Gasteiger partial charge on any atom is 0.471 e. The first-order chi connectivity index (χ1) is 9.20. The number of nitrogens with zero attached hydrogens (tertiary/aromatic N) is 1. The van der Waals surface area contributed by atoms with E-state index >= 15 is 0 Å². The number of ether oxygens (including phenoxy) is 1. The molecule has 0 radical (unpaired) electrons. The van der Waals surface area contributed by atoms with Crippen molar-refractivity contribution >= 4 is 17.4 Å². The second-order valence-corrected chi connectivity index (χ2v) is 4.58. The van der Waals surface area contributed by atoms with Crippen molar-refractivity contribution in [1.82, 2.24) is 0 Å². The van der Waals surface area contributed by atoms with Gasteiger partial charge in [-0.05, 0) is 32.0 Å². The van der Waals surface area contributed by atoms with Crippen LogP contribution < -0.4 is 9.64 Å². The Hall–Kier alpha value is -2.05. The van der Waals surface area contributed by atoms with Crippen LogP contribution >= 0.6 is 0 Å². The average molecular weight is 287 g/mol. The number of hydrogen-bond donors (Lipinski definition) is 0. The summed E-state index contributed by atoms with van der Waals surface area (Å²) in [6.07, 6.45) is -5.53. The molecule has 1 aliphatic rings. The Bertz CT molecular complexity index is 568. The van der Waals surface area contributed by atoms with Gasteiger partial charge in [0, 0.05) is 5.56 Å². The SMILES string of the molecule is CC(=O)c1ccc2c(c1)N(C(=O)C(F)(F)F)CC(C)O2. The highest BCUT2D eigenvalue weighted by atomic mass is 19.4. The average Bonchev–Trinajstić information content (AvgIpc) is 2.35. The number of benzene rings is 1. The predicted molar refractivity (Wildman–Crippen MR) is 64.9 cm³/mol. The van der Waals surface area contributed by atoms with Gasteiger partial charge < -0.3 is 4.74 Å². The van der Waals surface area contributed by atoms with Gasteiger partial charge in [-0.1, -0.05) is 0 Å². The first-order valence-electron chi connectivity index (χ1n) is 5.90. The van der Waals surface area contributed by atoms with Gasteiger partial charge in [0.1, 0.15) is 11.9 Å². The zero-order chi connectivity index (χ0) is 15.1. The van der Waals surface area contributed by atoms with E-state index in [9.17, 15) is 22.8 Å². The smallest absolute Gasteiger partial charge is 0.471 e. The van der Waals surface area contributed by atoms with Crippen LogP contribution in [-0.4, -0.2) is 30.5 Å². The maximum absolute atomic E-state index is 12.6. The van der Waals surface area contributed by atoms with Crippen LogP contribution in [0.25, 0.3) is 0 Å². The largest absolute Gasteiger partial charge is 0.487 e. The Morgan fingerprint density at radius 2 is 2.00 bits per heavy atom. The first kappa shape index (κ1) is 14.4. The molecule has 0 bridgehead atoms. The molecule has 0 N–H and O–H groups in total. The van der Waals surface area contributed by atoms with Gasteiger partial charge in [-0.3, -0.25) is 14.5 Å². The zero-order valence-corrected chi connectivity index (χ0v) is 10.8. The number of hydrogen-bond acceptors (Lipinski definition) is 3. The minimum Gasteiger partial charge on any atom is -0.487 e. The van der Waals surface area contributed by atoms with Gasteiger partial charge in [0.2, 0.25) is 0 Å². The summed E-state index contributed by atoms with van der Waals surface area (Å²) in [5.41, 5.74) is 0.194. The number of carbonyl (C=O) groups is 2. The summed E-state index contributed by atoms with van der Waals surface area (Å²) in [6, 6.07) is 4.10. The normalized spacial score (nSPS) is 18.2. The van der Waals surface area contributed by atoms with Gasteiger partial charge in [-0.25, -0.2) is 0 Å². The van der Waals surface area contributed by atoms with Crippen molar-refractivity contribution in [3.05, 3.63) is 23.8 Å². The predicted octanol–water partition coefficient (Wildman–Crippen LogP) is 2.57. The summed E-state index contributed by atoms with van der Waals surface area (Å²) in [6.45, 7) is 2.65. The Kier molecular flexibility index (Phi) is 3.45. The second kappa shape index (κ2) is 4.81. The van der Waals surface area contributed by atoms with Crippen molar-refractivity contribution in [3.8, 4) is 5.75 Å². The fourth-order valence-corrected chi connectivity index (χ4v) is 2.00. The Balaban J connectivity index is 2.49. The fraction of sp³-hybridized carbons (Fsp3) is 0.385. The van der Waals surface area contributed by atoms with Gasteiger partial charge >= 0.3 is 12.1 Å². The standard InChI is InChI=1S/C13H12F3NO3/c1-7-6-17(12(19)13(14,15)16)10-5-9(8(2)18)3-4-11(10)20-7/h3-5,7H,6H2,1-2H3. The van der Waals surface area contributed by atoms with Gasteiger partial charge in [-0.2, -0.15) is 13.2 Å². The molecule has 1 aromatic rings. The quantitative estimate of drug-likeness (QED) is 0.746. The minimum absolute atomic E-state index is 0.0295. The van der Waals surface area contributed by atoms with Crippen molar-refractivity contribution in [1.29, 1.82) is 0 Å². The lowest BCUT2D eigenvalue weighted by Gasteiger charge is -2.33. The summed E-state index contributed by atoms with van der Waals surface area (Å²) in [5, 5.41) is 0. The van der Waals surface area contributed by atoms with E-state index in [2.05, 4.69) is 0 Å². The fourth-order valence-electron chi connectivity index (χ4n) is 2.00. The van der Waals surface area contributed by atoms with Crippen LogP contribution in [-0.2, 0) is 4.79 Å². The molecule has 4 nitrogen and oxygen atoms in total. The third-order valence-electron chi connectivity index (χ3n) is 2.91. The lowest BCUT2D eigenvalue weighted by Crippen LogP contribution is -2.48. The highest BCUT2D eigenvalue weighted by Gasteiger charge is 2.45. The molecule has 1 aliphatic heterocycles. The zero-order valence-electron chi connectivity index (χ0n) is 10.8. The van der Waals surface area contributed by atoms with Crippen molar-refractivity contribution in [3.63, 3.8) is 0 Å². The number of carbonyl (C=O) groups excluding carboxylic acids is 2. The summed E-state index contributed by atoms with van der Waals surface area (Å²) in [5.74, 6) is -2.10. The molecule has 0 aliphatic carbocycles. The third kappa shape index (κ3) is 2.61. The van der Waals surface area contributed by atoms with Crippen molar-refractivity contribution in [2.45, 2.75) is 26.1 Å². The number of halogens is 3. The minimum atomic E-state index is -4.97. The number of alkyl halides is 3. The molecular formula is C13H12F3NO3. The molecule has 0 saturated heterocycles. The van der Waals surface area contributed by atoms with Crippen LogP contribution in [0.4, 0.5) is 18.9 Å². The number of fused-ring (bicyclic) bond motifs is 1. The number of amides is 1. The topological polar surface area (TPSA) is 46.6 Å².